The van der Waals surface area contributed by atoms with Crippen molar-refractivity contribution >= 4 is 29.3 Å². The molecular weight excluding hydrogens is 420 g/mol. The molecule has 10 heteroatoms. The summed E-state index contributed by atoms with van der Waals surface area (Å²) in [5.74, 6) is 0.953. The minimum Gasteiger partial charge on any atom is -0.497 e. The molecule has 31 heavy (non-hydrogen) atoms. The highest BCUT2D eigenvalue weighted by Crippen LogP contribution is 2.26. The maximum Gasteiger partial charge on any atom is 0.277 e. The van der Waals surface area contributed by atoms with Gasteiger partial charge in [-0.15, -0.1) is 10.2 Å². The SMILES string of the molecule is COc1ccc(-c2nnc(SCC(=O)NCC(=O)Nc3cc(C)ccc3OC)o2)cc1. The Bertz CT molecular complexity index is 1050. The van der Waals surface area contributed by atoms with Crippen LogP contribution in [0.2, 0.25) is 0 Å². The van der Waals surface area contributed by atoms with Crippen LogP contribution in [0.15, 0.2) is 52.1 Å². The number of nitrogens with zero attached hydrogens (tertiary/aromatic N) is 2. The van der Waals surface area contributed by atoms with Crippen LogP contribution in [0.3, 0.4) is 0 Å². The van der Waals surface area contributed by atoms with Gasteiger partial charge in [0.25, 0.3) is 5.22 Å². The number of hydrogen-bond acceptors (Lipinski definition) is 8. The molecule has 0 bridgehead atoms. The van der Waals surface area contributed by atoms with Gasteiger partial charge in [-0.1, -0.05) is 17.8 Å². The van der Waals surface area contributed by atoms with Crippen LogP contribution in [0.5, 0.6) is 11.5 Å². The molecule has 3 aromatic rings. The molecule has 162 valence electrons. The van der Waals surface area contributed by atoms with E-state index in [-0.39, 0.29) is 29.3 Å². The number of carbonyl (C=O) groups is 2. The van der Waals surface area contributed by atoms with E-state index in [4.69, 9.17) is 13.9 Å². The molecule has 0 unspecified atom stereocenters. The lowest BCUT2D eigenvalue weighted by Crippen LogP contribution is -2.34. The van der Waals surface area contributed by atoms with Gasteiger partial charge >= 0.3 is 0 Å². The third kappa shape index (κ3) is 6.22. The maximum atomic E-state index is 12.1. The number of hydrogen-bond donors (Lipinski definition) is 2. The van der Waals surface area contributed by atoms with Crippen LogP contribution in [0, 0.1) is 6.92 Å². The summed E-state index contributed by atoms with van der Waals surface area (Å²) in [7, 11) is 3.11. The summed E-state index contributed by atoms with van der Waals surface area (Å²) in [5.41, 5.74) is 2.27. The Morgan fingerprint density at radius 2 is 1.81 bits per heavy atom. The number of amides is 2. The van der Waals surface area contributed by atoms with E-state index in [1.165, 1.54) is 7.11 Å². The van der Waals surface area contributed by atoms with Crippen molar-refractivity contribution in [2.45, 2.75) is 12.1 Å². The summed E-state index contributed by atoms with van der Waals surface area (Å²) < 4.78 is 15.9. The number of ether oxygens (including phenoxy) is 2. The number of benzene rings is 2. The van der Waals surface area contributed by atoms with Crippen molar-refractivity contribution in [1.82, 2.24) is 15.5 Å². The number of thioether (sulfide) groups is 1. The first-order valence-corrected chi connectivity index (χ1v) is 10.3. The van der Waals surface area contributed by atoms with Gasteiger partial charge < -0.3 is 24.5 Å². The second kappa shape index (κ2) is 10.5. The Hall–Kier alpha value is -3.53. The summed E-state index contributed by atoms with van der Waals surface area (Å²) in [5, 5.41) is 13.5. The molecule has 3 rings (SSSR count). The normalized spacial score (nSPS) is 10.4. The fourth-order valence-corrected chi connectivity index (χ4v) is 3.18. The van der Waals surface area contributed by atoms with Gasteiger partial charge in [-0.05, 0) is 48.9 Å². The van der Waals surface area contributed by atoms with Gasteiger partial charge in [-0.25, -0.2) is 0 Å². The quantitative estimate of drug-likeness (QED) is 0.486. The monoisotopic (exact) mass is 442 g/mol. The summed E-state index contributed by atoms with van der Waals surface area (Å²) in [6.07, 6.45) is 0. The number of aromatic nitrogens is 2. The molecule has 0 spiro atoms. The molecule has 0 aliphatic carbocycles. The fraction of sp³-hybridized carbons (Fsp3) is 0.238. The number of aryl methyl sites for hydroxylation is 1. The average Bonchev–Trinajstić information content (AvgIpc) is 3.25. The third-order valence-corrected chi connectivity index (χ3v) is 4.96. The molecular formula is C21H22N4O5S. The van der Waals surface area contributed by atoms with E-state index in [1.54, 1.807) is 43.5 Å². The van der Waals surface area contributed by atoms with Gasteiger partial charge in [0.1, 0.15) is 11.5 Å². The van der Waals surface area contributed by atoms with E-state index >= 15 is 0 Å². The van der Waals surface area contributed by atoms with E-state index in [0.717, 1.165) is 28.6 Å². The number of anilines is 1. The second-order valence-electron chi connectivity index (χ2n) is 6.42. The lowest BCUT2D eigenvalue weighted by molar-refractivity contribution is -0.122. The minimum atomic E-state index is -0.359. The van der Waals surface area contributed by atoms with Gasteiger partial charge in [-0.3, -0.25) is 9.59 Å². The minimum absolute atomic E-state index is 0.0330. The number of rotatable bonds is 9. The van der Waals surface area contributed by atoms with Crippen LogP contribution in [0.4, 0.5) is 5.69 Å². The van der Waals surface area contributed by atoms with E-state index in [2.05, 4.69) is 20.8 Å². The molecule has 1 heterocycles. The first-order valence-electron chi connectivity index (χ1n) is 9.30. The molecule has 0 aliphatic heterocycles. The van der Waals surface area contributed by atoms with Crippen molar-refractivity contribution in [1.29, 1.82) is 0 Å². The Labute approximate surface area is 183 Å². The fourth-order valence-electron chi connectivity index (χ4n) is 2.59. The van der Waals surface area contributed by atoms with Crippen LogP contribution in [-0.2, 0) is 9.59 Å². The van der Waals surface area contributed by atoms with Crippen molar-refractivity contribution in [3.05, 3.63) is 48.0 Å². The summed E-state index contributed by atoms with van der Waals surface area (Å²) in [4.78, 5) is 24.2. The van der Waals surface area contributed by atoms with Crippen LogP contribution < -0.4 is 20.1 Å². The zero-order valence-electron chi connectivity index (χ0n) is 17.3. The molecule has 2 amide bonds. The molecule has 0 atom stereocenters. The predicted molar refractivity (Wildman–Crippen MR) is 116 cm³/mol. The van der Waals surface area contributed by atoms with E-state index in [0.29, 0.717) is 17.3 Å². The molecule has 1 aromatic heterocycles. The third-order valence-electron chi connectivity index (χ3n) is 4.15. The molecule has 0 saturated heterocycles. The molecule has 0 fully saturated rings. The molecule has 2 aromatic carbocycles. The van der Waals surface area contributed by atoms with Gasteiger partial charge in [0, 0.05) is 5.56 Å². The van der Waals surface area contributed by atoms with Gasteiger partial charge in [0.15, 0.2) is 0 Å². The van der Waals surface area contributed by atoms with Crippen LogP contribution in [-0.4, -0.2) is 48.5 Å². The van der Waals surface area contributed by atoms with Crippen molar-refractivity contribution in [2.75, 3.05) is 31.8 Å². The summed E-state index contributed by atoms with van der Waals surface area (Å²) in [6, 6.07) is 12.6. The van der Waals surface area contributed by atoms with E-state index in [1.807, 2.05) is 13.0 Å². The zero-order chi connectivity index (χ0) is 22.2. The zero-order valence-corrected chi connectivity index (χ0v) is 18.1. The number of nitrogens with one attached hydrogen (secondary N) is 2. The Balaban J connectivity index is 1.46. The molecule has 0 saturated carbocycles. The number of carbonyl (C=O) groups excluding carboxylic acids is 2. The highest BCUT2D eigenvalue weighted by atomic mass is 32.2. The van der Waals surface area contributed by atoms with Crippen LogP contribution in [0.25, 0.3) is 11.5 Å². The van der Waals surface area contributed by atoms with Crippen molar-refractivity contribution in [3.63, 3.8) is 0 Å². The average molecular weight is 442 g/mol. The van der Waals surface area contributed by atoms with Crippen molar-refractivity contribution in [3.8, 4) is 23.0 Å². The van der Waals surface area contributed by atoms with E-state index < -0.39 is 0 Å². The van der Waals surface area contributed by atoms with Gasteiger partial charge in [-0.2, -0.15) is 0 Å². The smallest absolute Gasteiger partial charge is 0.277 e. The molecule has 2 N–H and O–H groups in total. The summed E-state index contributed by atoms with van der Waals surface area (Å²) in [6.45, 7) is 1.74. The highest BCUT2D eigenvalue weighted by molar-refractivity contribution is 7.99. The second-order valence-corrected chi connectivity index (χ2v) is 7.35. The van der Waals surface area contributed by atoms with Crippen LogP contribution in [0.1, 0.15) is 5.56 Å². The topological polar surface area (TPSA) is 116 Å². The van der Waals surface area contributed by atoms with Crippen LogP contribution >= 0.6 is 11.8 Å². The first-order chi connectivity index (χ1) is 15.0. The highest BCUT2D eigenvalue weighted by Gasteiger charge is 2.13. The Morgan fingerprint density at radius 1 is 1.03 bits per heavy atom. The molecule has 0 aliphatic rings. The molecule has 9 nitrogen and oxygen atoms in total. The Morgan fingerprint density at radius 3 is 2.52 bits per heavy atom. The van der Waals surface area contributed by atoms with Crippen molar-refractivity contribution in [2.24, 2.45) is 0 Å². The molecule has 0 radical (unpaired) electrons. The van der Waals surface area contributed by atoms with Gasteiger partial charge in [0.2, 0.25) is 17.7 Å². The summed E-state index contributed by atoms with van der Waals surface area (Å²) >= 11 is 1.09. The number of methoxy groups -OCH3 is 2. The standard InChI is InChI=1S/C21H22N4O5S/c1-13-4-9-17(29-3)16(10-13)23-18(26)11-22-19(27)12-31-21-25-24-20(30-21)14-5-7-15(28-2)8-6-14/h4-10H,11-12H2,1-3H3,(H,22,27)(H,23,26). The Kier molecular flexibility index (Phi) is 7.50. The lowest BCUT2D eigenvalue weighted by atomic mass is 10.2. The first kappa shape index (κ1) is 22.2. The van der Waals surface area contributed by atoms with E-state index in [9.17, 15) is 9.59 Å². The predicted octanol–water partition coefficient (Wildman–Crippen LogP) is 2.91. The largest absolute Gasteiger partial charge is 0.497 e. The maximum absolute atomic E-state index is 12.1. The van der Waals surface area contributed by atoms with Crippen molar-refractivity contribution < 1.29 is 23.5 Å². The van der Waals surface area contributed by atoms with Gasteiger partial charge in [0.05, 0.1) is 32.2 Å². The lowest BCUT2D eigenvalue weighted by Gasteiger charge is -2.11.